The van der Waals surface area contributed by atoms with Crippen molar-refractivity contribution in [3.63, 3.8) is 0 Å². The fourth-order valence-electron chi connectivity index (χ4n) is 2.74. The second-order valence-electron chi connectivity index (χ2n) is 4.91. The average molecular weight is 306 g/mol. The first-order valence-corrected chi connectivity index (χ1v) is 9.18. The van der Waals surface area contributed by atoms with Crippen LogP contribution in [-0.4, -0.2) is 0 Å². The van der Waals surface area contributed by atoms with Crippen LogP contribution in [-0.2, 0) is 23.2 Å². The van der Waals surface area contributed by atoms with Crippen molar-refractivity contribution < 1.29 is 23.2 Å². The quantitative estimate of drug-likeness (QED) is 0.678. The third-order valence-electron chi connectivity index (χ3n) is 4.04. The Morgan fingerprint density at radius 1 is 0.882 bits per heavy atom. The molecule has 0 amide bonds. The SMILES string of the molecule is CCC1=CC[C]([Zr][C]2=C(C)C(CC)=CC2)=C1C. The fraction of sp³-hybridized carbons (Fsp3) is 0.500. The van der Waals surface area contributed by atoms with Gasteiger partial charge in [-0.05, 0) is 0 Å². The number of hydrogen-bond donors (Lipinski definition) is 0. The molecule has 1 heteroatoms. The van der Waals surface area contributed by atoms with E-state index in [1.54, 1.807) is 22.3 Å². The summed E-state index contributed by atoms with van der Waals surface area (Å²) in [7, 11) is 0. The summed E-state index contributed by atoms with van der Waals surface area (Å²) in [6, 6.07) is 0. The Bertz CT molecular complexity index is 402. The first-order chi connectivity index (χ1) is 8.17. The molecule has 17 heavy (non-hydrogen) atoms. The van der Waals surface area contributed by atoms with Crippen molar-refractivity contribution in [1.82, 2.24) is 0 Å². The summed E-state index contributed by atoms with van der Waals surface area (Å²) in [6.45, 7) is 9.25. The Kier molecular flexibility index (Phi) is 4.42. The van der Waals surface area contributed by atoms with Crippen LogP contribution in [0.5, 0.6) is 0 Å². The van der Waals surface area contributed by atoms with Gasteiger partial charge in [-0.25, -0.2) is 0 Å². The van der Waals surface area contributed by atoms with E-state index >= 15 is 0 Å². The Morgan fingerprint density at radius 3 is 1.59 bits per heavy atom. The molecule has 0 nitrogen and oxygen atoms in total. The van der Waals surface area contributed by atoms with E-state index in [1.165, 1.54) is 25.7 Å². The fourth-order valence-corrected chi connectivity index (χ4v) is 6.35. The van der Waals surface area contributed by atoms with Crippen molar-refractivity contribution in [1.29, 1.82) is 0 Å². The van der Waals surface area contributed by atoms with Gasteiger partial charge in [0.1, 0.15) is 0 Å². The summed E-state index contributed by atoms with van der Waals surface area (Å²) in [5.41, 5.74) is 6.51. The standard InChI is InChI=1S/2C8H11.Zr/c2*1-3-8-6-4-5-7(8)2;/h2*6H,3-4H2,1-2H3;. The normalized spacial score (nSPS) is 20.0. The monoisotopic (exact) mass is 304 g/mol. The van der Waals surface area contributed by atoms with Crippen LogP contribution in [0.15, 0.2) is 41.0 Å². The van der Waals surface area contributed by atoms with Gasteiger partial charge in [0, 0.05) is 0 Å². The molecular formula is C16H22Zr. The molecule has 0 bridgehead atoms. The van der Waals surface area contributed by atoms with Crippen LogP contribution in [0.4, 0.5) is 0 Å². The van der Waals surface area contributed by atoms with Gasteiger partial charge in [-0.15, -0.1) is 0 Å². The van der Waals surface area contributed by atoms with E-state index in [9.17, 15) is 0 Å². The minimum atomic E-state index is -0.463. The van der Waals surface area contributed by atoms with Crippen molar-refractivity contribution in [2.24, 2.45) is 0 Å². The molecule has 0 atom stereocenters. The predicted molar refractivity (Wildman–Crippen MR) is 71.4 cm³/mol. The van der Waals surface area contributed by atoms with Gasteiger partial charge in [0.15, 0.2) is 0 Å². The van der Waals surface area contributed by atoms with Gasteiger partial charge in [-0.3, -0.25) is 0 Å². The zero-order chi connectivity index (χ0) is 12.4. The molecule has 0 saturated heterocycles. The van der Waals surface area contributed by atoms with Gasteiger partial charge in [0.2, 0.25) is 0 Å². The van der Waals surface area contributed by atoms with Gasteiger partial charge >= 0.3 is 118 Å². The Labute approximate surface area is 117 Å². The van der Waals surface area contributed by atoms with Crippen molar-refractivity contribution in [2.45, 2.75) is 53.4 Å². The van der Waals surface area contributed by atoms with E-state index in [-0.39, 0.29) is 0 Å². The maximum absolute atomic E-state index is 2.46. The first-order valence-electron chi connectivity index (χ1n) is 6.72. The van der Waals surface area contributed by atoms with Crippen LogP contribution in [0.25, 0.3) is 0 Å². The summed E-state index contributed by atoms with van der Waals surface area (Å²) >= 11 is -0.463. The molecule has 0 aromatic rings. The third-order valence-corrected chi connectivity index (χ3v) is 8.37. The van der Waals surface area contributed by atoms with Crippen molar-refractivity contribution >= 4 is 0 Å². The van der Waals surface area contributed by atoms with Gasteiger partial charge in [-0.2, -0.15) is 0 Å². The summed E-state index contributed by atoms with van der Waals surface area (Å²) in [5.74, 6) is 0. The summed E-state index contributed by atoms with van der Waals surface area (Å²) < 4.78 is 3.65. The Balaban J connectivity index is 2.11. The minimum absolute atomic E-state index is 0.463. The zero-order valence-corrected chi connectivity index (χ0v) is 13.9. The van der Waals surface area contributed by atoms with Crippen LogP contribution < -0.4 is 0 Å². The molecule has 2 aliphatic rings. The van der Waals surface area contributed by atoms with Crippen LogP contribution >= 0.6 is 0 Å². The summed E-state index contributed by atoms with van der Waals surface area (Å²) in [4.78, 5) is 0. The molecule has 0 spiro atoms. The average Bonchev–Trinajstić information content (AvgIpc) is 2.85. The number of hydrogen-bond acceptors (Lipinski definition) is 0. The molecule has 0 N–H and O–H groups in total. The molecule has 90 valence electrons. The third kappa shape index (κ3) is 2.65. The van der Waals surface area contributed by atoms with Crippen molar-refractivity contribution in [3.05, 3.63) is 41.0 Å². The van der Waals surface area contributed by atoms with E-state index in [0.29, 0.717) is 0 Å². The number of rotatable bonds is 4. The molecule has 0 aliphatic heterocycles. The molecule has 2 aliphatic carbocycles. The molecule has 0 saturated carbocycles. The van der Waals surface area contributed by atoms with E-state index in [0.717, 1.165) is 0 Å². The molecular weight excluding hydrogens is 283 g/mol. The predicted octanol–water partition coefficient (Wildman–Crippen LogP) is 5.10. The topological polar surface area (TPSA) is 0 Å². The summed E-state index contributed by atoms with van der Waals surface area (Å²) in [5, 5.41) is 0. The zero-order valence-electron chi connectivity index (χ0n) is 11.5. The van der Waals surface area contributed by atoms with Gasteiger partial charge < -0.3 is 0 Å². The van der Waals surface area contributed by atoms with Crippen LogP contribution in [0.1, 0.15) is 53.4 Å². The molecule has 0 aromatic carbocycles. The summed E-state index contributed by atoms with van der Waals surface area (Å²) in [6.07, 6.45) is 9.88. The first kappa shape index (κ1) is 13.3. The van der Waals surface area contributed by atoms with Gasteiger partial charge in [-0.1, -0.05) is 0 Å². The Hall–Kier alpha value is -0.157. The molecule has 2 rings (SSSR count). The van der Waals surface area contributed by atoms with E-state index in [1.807, 2.05) is 6.56 Å². The van der Waals surface area contributed by atoms with Crippen LogP contribution in [0.3, 0.4) is 0 Å². The number of allylic oxidation sites excluding steroid dienone is 8. The van der Waals surface area contributed by atoms with Crippen molar-refractivity contribution in [3.8, 4) is 0 Å². The molecule has 0 unspecified atom stereocenters. The van der Waals surface area contributed by atoms with E-state index in [4.69, 9.17) is 0 Å². The molecule has 0 aromatic heterocycles. The van der Waals surface area contributed by atoms with E-state index < -0.39 is 23.2 Å². The molecule has 0 fully saturated rings. The maximum atomic E-state index is 2.46. The van der Waals surface area contributed by atoms with Gasteiger partial charge in [0.25, 0.3) is 0 Å². The second kappa shape index (κ2) is 5.66. The van der Waals surface area contributed by atoms with Crippen LogP contribution in [0, 0.1) is 0 Å². The van der Waals surface area contributed by atoms with Crippen molar-refractivity contribution in [2.75, 3.05) is 0 Å². The van der Waals surface area contributed by atoms with Crippen LogP contribution in [0.2, 0.25) is 0 Å². The molecule has 0 radical (unpaired) electrons. The molecule has 0 heterocycles. The Morgan fingerprint density at radius 2 is 1.29 bits per heavy atom. The van der Waals surface area contributed by atoms with Gasteiger partial charge in [0.05, 0.1) is 0 Å². The van der Waals surface area contributed by atoms with E-state index in [2.05, 4.69) is 39.8 Å². The second-order valence-corrected chi connectivity index (χ2v) is 8.49.